The Hall–Kier alpha value is -1.17. The number of nitrogens with zero attached hydrogens (tertiary/aromatic N) is 1. The maximum atomic E-state index is 11.8. The summed E-state index contributed by atoms with van der Waals surface area (Å²) in [5, 5.41) is 20.7. The predicted octanol–water partition coefficient (Wildman–Crippen LogP) is 0.634. The van der Waals surface area contributed by atoms with E-state index in [1.165, 1.54) is 11.0 Å². The van der Waals surface area contributed by atoms with Gasteiger partial charge < -0.3 is 15.1 Å². The third-order valence-electron chi connectivity index (χ3n) is 2.85. The van der Waals surface area contributed by atoms with Crippen molar-refractivity contribution in [1.82, 2.24) is 4.90 Å². The van der Waals surface area contributed by atoms with Gasteiger partial charge in [0.05, 0.1) is 12.2 Å². The van der Waals surface area contributed by atoms with Crippen molar-refractivity contribution in [2.75, 3.05) is 13.1 Å². The normalized spacial score (nSPS) is 24.8. The lowest BCUT2D eigenvalue weighted by atomic mass is 10.3. The zero-order valence-corrected chi connectivity index (χ0v) is 10.4. The Labute approximate surface area is 104 Å². The molecule has 0 aromatic carbocycles. The molecule has 1 amide bonds. The fourth-order valence-corrected chi connectivity index (χ4v) is 2.58. The minimum absolute atomic E-state index is 0.173. The van der Waals surface area contributed by atoms with Crippen LogP contribution in [0.3, 0.4) is 0 Å². The molecule has 0 spiro atoms. The van der Waals surface area contributed by atoms with Crippen molar-refractivity contribution < 1.29 is 15.0 Å². The third-order valence-corrected chi connectivity index (χ3v) is 3.83. The number of amides is 1. The van der Waals surface area contributed by atoms with Crippen molar-refractivity contribution in [3.63, 3.8) is 0 Å². The Morgan fingerprint density at radius 3 is 2.65 bits per heavy atom. The minimum Gasteiger partial charge on any atom is -0.388 e. The largest absolute Gasteiger partial charge is 0.388 e. The van der Waals surface area contributed by atoms with Crippen LogP contribution in [0.5, 0.6) is 0 Å². The molecule has 2 atom stereocenters. The van der Waals surface area contributed by atoms with Gasteiger partial charge in [-0.2, -0.15) is 0 Å². The van der Waals surface area contributed by atoms with Crippen LogP contribution in [-0.4, -0.2) is 46.3 Å². The molecule has 0 bridgehead atoms. The molecule has 17 heavy (non-hydrogen) atoms. The smallest absolute Gasteiger partial charge is 0.246 e. The predicted molar refractivity (Wildman–Crippen MR) is 66.7 cm³/mol. The van der Waals surface area contributed by atoms with Gasteiger partial charge in [-0.25, -0.2) is 0 Å². The fourth-order valence-electron chi connectivity index (χ4n) is 1.76. The summed E-state index contributed by atoms with van der Waals surface area (Å²) in [5.41, 5.74) is 1.14. The van der Waals surface area contributed by atoms with Gasteiger partial charge in [-0.05, 0) is 30.0 Å². The number of β-amino-alcohol motifs (C(OH)–C–C–N with tert-alkyl or cyclic N) is 2. The summed E-state index contributed by atoms with van der Waals surface area (Å²) < 4.78 is 0. The first kappa shape index (κ1) is 12.3. The van der Waals surface area contributed by atoms with E-state index in [9.17, 15) is 15.0 Å². The van der Waals surface area contributed by atoms with E-state index < -0.39 is 12.2 Å². The Bertz CT molecular complexity index is 431. The van der Waals surface area contributed by atoms with Gasteiger partial charge in [-0.15, -0.1) is 11.3 Å². The standard InChI is InChI=1S/C12H15NO3S/c1-8-4-5-17-11(8)2-3-12(16)13-6-9(14)10(15)7-13/h2-5,9-10,14-15H,6-7H2,1H3/b3-2+. The molecule has 1 saturated heterocycles. The highest BCUT2D eigenvalue weighted by atomic mass is 32.1. The molecule has 1 aromatic rings. The second-order valence-corrected chi connectivity index (χ2v) is 5.13. The van der Waals surface area contributed by atoms with Gasteiger partial charge in [-0.3, -0.25) is 4.79 Å². The number of aryl methyl sites for hydroxylation is 1. The van der Waals surface area contributed by atoms with Gasteiger partial charge in [0.2, 0.25) is 5.91 Å². The van der Waals surface area contributed by atoms with Crippen LogP contribution in [0.25, 0.3) is 6.08 Å². The van der Waals surface area contributed by atoms with Crippen LogP contribution in [0.4, 0.5) is 0 Å². The number of hydrogen-bond donors (Lipinski definition) is 2. The van der Waals surface area contributed by atoms with Crippen LogP contribution in [-0.2, 0) is 4.79 Å². The SMILES string of the molecule is Cc1ccsc1/C=C/C(=O)N1CC(O)C(O)C1. The van der Waals surface area contributed by atoms with E-state index in [0.717, 1.165) is 10.4 Å². The number of aliphatic hydroxyl groups is 2. The molecule has 1 aromatic heterocycles. The first-order chi connectivity index (χ1) is 8.08. The van der Waals surface area contributed by atoms with Crippen molar-refractivity contribution in [2.45, 2.75) is 19.1 Å². The van der Waals surface area contributed by atoms with Crippen molar-refractivity contribution >= 4 is 23.3 Å². The summed E-state index contributed by atoms with van der Waals surface area (Å²) >= 11 is 1.58. The molecule has 1 aliphatic rings. The molecule has 2 unspecified atom stereocenters. The lowest BCUT2D eigenvalue weighted by Gasteiger charge is -2.11. The first-order valence-corrected chi connectivity index (χ1v) is 6.33. The lowest BCUT2D eigenvalue weighted by Crippen LogP contribution is -2.27. The number of likely N-dealkylation sites (tertiary alicyclic amines) is 1. The number of hydrogen-bond acceptors (Lipinski definition) is 4. The van der Waals surface area contributed by atoms with Gasteiger partial charge in [-0.1, -0.05) is 0 Å². The van der Waals surface area contributed by atoms with Gasteiger partial charge in [0.25, 0.3) is 0 Å². The maximum absolute atomic E-state index is 11.8. The molecule has 92 valence electrons. The van der Waals surface area contributed by atoms with Gasteiger partial charge in [0.1, 0.15) is 0 Å². The van der Waals surface area contributed by atoms with Gasteiger partial charge in [0.15, 0.2) is 0 Å². The number of thiophene rings is 1. The number of rotatable bonds is 2. The highest BCUT2D eigenvalue weighted by Gasteiger charge is 2.31. The number of carbonyl (C=O) groups is 1. The van der Waals surface area contributed by atoms with Crippen molar-refractivity contribution in [3.05, 3.63) is 28.0 Å². The molecule has 0 radical (unpaired) electrons. The van der Waals surface area contributed by atoms with Crippen molar-refractivity contribution in [1.29, 1.82) is 0 Å². The molecular formula is C12H15NO3S. The van der Waals surface area contributed by atoms with E-state index in [-0.39, 0.29) is 19.0 Å². The monoisotopic (exact) mass is 253 g/mol. The molecule has 1 aliphatic heterocycles. The van der Waals surface area contributed by atoms with Crippen LogP contribution in [0.2, 0.25) is 0 Å². The summed E-state index contributed by atoms with van der Waals surface area (Å²) in [6, 6.07) is 2.00. The topological polar surface area (TPSA) is 60.8 Å². The summed E-state index contributed by atoms with van der Waals surface area (Å²) in [6.07, 6.45) is 1.62. The summed E-state index contributed by atoms with van der Waals surface area (Å²) in [4.78, 5) is 14.3. The Balaban J connectivity index is 1.98. The molecule has 2 N–H and O–H groups in total. The van der Waals surface area contributed by atoms with Crippen LogP contribution in [0.15, 0.2) is 17.5 Å². The van der Waals surface area contributed by atoms with E-state index in [1.807, 2.05) is 18.4 Å². The number of aliphatic hydroxyl groups excluding tert-OH is 2. The van der Waals surface area contributed by atoms with E-state index in [4.69, 9.17) is 0 Å². The van der Waals surface area contributed by atoms with Crippen LogP contribution in [0.1, 0.15) is 10.4 Å². The summed E-state index contributed by atoms with van der Waals surface area (Å²) in [5.74, 6) is -0.173. The fraction of sp³-hybridized carbons (Fsp3) is 0.417. The Kier molecular flexibility index (Phi) is 3.61. The van der Waals surface area contributed by atoms with E-state index >= 15 is 0 Å². The summed E-state index contributed by atoms with van der Waals surface area (Å²) in [7, 11) is 0. The molecule has 2 heterocycles. The summed E-state index contributed by atoms with van der Waals surface area (Å²) in [6.45, 7) is 2.39. The molecule has 5 heteroatoms. The highest BCUT2D eigenvalue weighted by molar-refractivity contribution is 7.11. The molecule has 0 aliphatic carbocycles. The zero-order chi connectivity index (χ0) is 12.4. The average Bonchev–Trinajstić information content (AvgIpc) is 2.83. The minimum atomic E-state index is -0.823. The van der Waals surface area contributed by atoms with E-state index in [1.54, 1.807) is 17.4 Å². The average molecular weight is 253 g/mol. The Morgan fingerprint density at radius 1 is 1.47 bits per heavy atom. The molecule has 2 rings (SSSR count). The second kappa shape index (κ2) is 5.00. The quantitative estimate of drug-likeness (QED) is 0.760. The lowest BCUT2D eigenvalue weighted by molar-refractivity contribution is -0.125. The van der Waals surface area contributed by atoms with E-state index in [0.29, 0.717) is 0 Å². The third kappa shape index (κ3) is 2.74. The first-order valence-electron chi connectivity index (χ1n) is 5.45. The van der Waals surface area contributed by atoms with E-state index in [2.05, 4.69) is 0 Å². The number of carbonyl (C=O) groups excluding carboxylic acids is 1. The molecule has 0 saturated carbocycles. The second-order valence-electron chi connectivity index (χ2n) is 4.18. The van der Waals surface area contributed by atoms with Crippen molar-refractivity contribution in [2.24, 2.45) is 0 Å². The van der Waals surface area contributed by atoms with Crippen LogP contribution < -0.4 is 0 Å². The molecular weight excluding hydrogens is 238 g/mol. The maximum Gasteiger partial charge on any atom is 0.246 e. The van der Waals surface area contributed by atoms with Crippen LogP contribution in [0, 0.1) is 6.92 Å². The van der Waals surface area contributed by atoms with Crippen molar-refractivity contribution in [3.8, 4) is 0 Å². The zero-order valence-electron chi connectivity index (χ0n) is 9.54. The van der Waals surface area contributed by atoms with Gasteiger partial charge in [0, 0.05) is 24.0 Å². The molecule has 4 nitrogen and oxygen atoms in total. The van der Waals surface area contributed by atoms with Crippen LogP contribution >= 0.6 is 11.3 Å². The molecule has 1 fully saturated rings. The van der Waals surface area contributed by atoms with Gasteiger partial charge >= 0.3 is 0 Å². The Morgan fingerprint density at radius 2 is 2.12 bits per heavy atom. The highest BCUT2D eigenvalue weighted by Crippen LogP contribution is 2.17.